The largest absolute Gasteiger partial charge is 0.481 e. The summed E-state index contributed by atoms with van der Waals surface area (Å²) in [5, 5.41) is 34.3. The van der Waals surface area contributed by atoms with Crippen molar-refractivity contribution in [2.75, 3.05) is 0 Å². The highest BCUT2D eigenvalue weighted by molar-refractivity contribution is 5.95. The fraction of sp³-hybridized carbons (Fsp3) is 0.571. The van der Waals surface area contributed by atoms with Crippen LogP contribution in [0.1, 0.15) is 45.2 Å². The Morgan fingerprint density at radius 2 is 1.50 bits per heavy atom. The van der Waals surface area contributed by atoms with Crippen molar-refractivity contribution in [3.63, 3.8) is 0 Å². The molecule has 4 atom stereocenters. The minimum absolute atomic E-state index is 0.0810. The third kappa shape index (κ3) is 10.9. The molecule has 1 rings (SSSR count). The number of nitrogens with zero attached hydrogens (tertiary/aromatic N) is 1. The second kappa shape index (κ2) is 14.4. The van der Waals surface area contributed by atoms with Gasteiger partial charge in [-0.3, -0.25) is 24.0 Å². The van der Waals surface area contributed by atoms with E-state index in [0.717, 1.165) is 0 Å². The van der Waals surface area contributed by atoms with Crippen LogP contribution in [0.25, 0.3) is 0 Å². The Morgan fingerprint density at radius 1 is 0.917 bits per heavy atom. The molecule has 3 amide bonds. The summed E-state index contributed by atoms with van der Waals surface area (Å²) in [6, 6.07) is -5.50. The molecule has 1 aromatic rings. The van der Waals surface area contributed by atoms with E-state index in [1.165, 1.54) is 12.5 Å². The molecule has 1 aromatic heterocycles. The molecule has 0 bridgehead atoms. The lowest BCUT2D eigenvalue weighted by atomic mass is 10.0. The third-order valence-electron chi connectivity index (χ3n) is 4.94. The van der Waals surface area contributed by atoms with Crippen LogP contribution in [0.5, 0.6) is 0 Å². The number of carboxylic acids is 3. The minimum atomic E-state index is -1.46. The van der Waals surface area contributed by atoms with Crippen molar-refractivity contribution in [1.29, 1.82) is 0 Å². The highest BCUT2D eigenvalue weighted by Crippen LogP contribution is 2.08. The monoisotopic (exact) mass is 512 g/mol. The zero-order valence-electron chi connectivity index (χ0n) is 19.9. The van der Waals surface area contributed by atoms with E-state index in [2.05, 4.69) is 25.9 Å². The number of hydrogen-bond acceptors (Lipinski definition) is 8. The second-order valence-electron chi connectivity index (χ2n) is 8.57. The third-order valence-corrected chi connectivity index (χ3v) is 4.94. The number of aromatic nitrogens is 2. The van der Waals surface area contributed by atoms with Crippen LogP contribution in [-0.4, -0.2) is 85.1 Å². The molecule has 200 valence electrons. The van der Waals surface area contributed by atoms with Crippen LogP contribution in [0.4, 0.5) is 0 Å². The zero-order chi connectivity index (χ0) is 27.4. The maximum atomic E-state index is 13.0. The van der Waals surface area contributed by atoms with Gasteiger partial charge in [-0.05, 0) is 18.8 Å². The predicted molar refractivity (Wildman–Crippen MR) is 122 cm³/mol. The van der Waals surface area contributed by atoms with Crippen LogP contribution in [0.2, 0.25) is 0 Å². The molecule has 0 saturated carbocycles. The number of H-pyrrole nitrogens is 1. The number of carbonyl (C=O) groups excluding carboxylic acids is 3. The molecule has 0 fully saturated rings. The van der Waals surface area contributed by atoms with Crippen molar-refractivity contribution >= 4 is 35.6 Å². The number of amides is 3. The topological polar surface area (TPSA) is 254 Å². The Labute approximate surface area is 206 Å². The maximum absolute atomic E-state index is 13.0. The van der Waals surface area contributed by atoms with E-state index in [4.69, 9.17) is 15.9 Å². The fourth-order valence-corrected chi connectivity index (χ4v) is 3.16. The summed E-state index contributed by atoms with van der Waals surface area (Å²) in [7, 11) is 0. The molecule has 0 aliphatic heterocycles. The first-order valence-electron chi connectivity index (χ1n) is 11.1. The first-order valence-corrected chi connectivity index (χ1v) is 11.1. The Hall–Kier alpha value is -4.01. The molecule has 1 heterocycles. The summed E-state index contributed by atoms with van der Waals surface area (Å²) in [5.41, 5.74) is 5.98. The van der Waals surface area contributed by atoms with Gasteiger partial charge in [0.15, 0.2) is 0 Å². The number of carbonyl (C=O) groups is 6. The summed E-state index contributed by atoms with van der Waals surface area (Å²) < 4.78 is 0. The lowest BCUT2D eigenvalue weighted by molar-refractivity contribution is -0.143. The molecule has 0 spiro atoms. The molecule has 15 nitrogen and oxygen atoms in total. The molecule has 15 heteroatoms. The van der Waals surface area contributed by atoms with E-state index in [-0.39, 0.29) is 25.2 Å². The summed E-state index contributed by atoms with van der Waals surface area (Å²) in [6.07, 6.45) is 1.09. The van der Waals surface area contributed by atoms with E-state index >= 15 is 0 Å². The normalized spacial score (nSPS) is 14.2. The van der Waals surface area contributed by atoms with Gasteiger partial charge in [0.25, 0.3) is 0 Å². The molecule has 0 aliphatic rings. The Morgan fingerprint density at radius 3 is 2.00 bits per heavy atom. The number of rotatable bonds is 16. The minimum Gasteiger partial charge on any atom is -0.481 e. The van der Waals surface area contributed by atoms with Gasteiger partial charge in [-0.15, -0.1) is 0 Å². The van der Waals surface area contributed by atoms with Gasteiger partial charge in [0.1, 0.15) is 18.1 Å². The average molecular weight is 513 g/mol. The van der Waals surface area contributed by atoms with Crippen LogP contribution >= 0.6 is 0 Å². The lowest BCUT2D eigenvalue weighted by Gasteiger charge is -2.25. The Balaban J connectivity index is 3.09. The van der Waals surface area contributed by atoms with E-state index < -0.39 is 72.6 Å². The van der Waals surface area contributed by atoms with E-state index in [1.54, 1.807) is 13.8 Å². The predicted octanol–water partition coefficient (Wildman–Crippen LogP) is -1.80. The molecule has 0 unspecified atom stereocenters. The molecule has 0 radical (unpaired) electrons. The first kappa shape index (κ1) is 30.0. The van der Waals surface area contributed by atoms with Gasteiger partial charge >= 0.3 is 17.9 Å². The summed E-state index contributed by atoms with van der Waals surface area (Å²) in [5.74, 6) is -6.70. The van der Waals surface area contributed by atoms with Gasteiger partial charge in [0, 0.05) is 24.7 Å². The van der Waals surface area contributed by atoms with E-state index in [9.17, 15) is 33.9 Å². The summed E-state index contributed by atoms with van der Waals surface area (Å²) in [6.45, 7) is 3.51. The van der Waals surface area contributed by atoms with Gasteiger partial charge in [-0.2, -0.15) is 0 Å². The molecule has 9 N–H and O–H groups in total. The number of nitrogens with one attached hydrogen (secondary N) is 4. The molecule has 0 aromatic carbocycles. The number of imidazole rings is 1. The summed E-state index contributed by atoms with van der Waals surface area (Å²) in [4.78, 5) is 78.2. The zero-order valence-corrected chi connectivity index (χ0v) is 19.9. The second-order valence-corrected chi connectivity index (χ2v) is 8.57. The Bertz CT molecular complexity index is 934. The number of carboxylic acid groups (broad SMARTS) is 3. The highest BCUT2D eigenvalue weighted by atomic mass is 16.4. The number of hydrogen-bond donors (Lipinski definition) is 8. The van der Waals surface area contributed by atoms with Crippen LogP contribution in [0, 0.1) is 5.92 Å². The Kier molecular flexibility index (Phi) is 12.0. The van der Waals surface area contributed by atoms with Crippen LogP contribution < -0.4 is 21.7 Å². The molecular weight excluding hydrogens is 480 g/mol. The maximum Gasteiger partial charge on any atom is 0.326 e. The van der Waals surface area contributed by atoms with E-state index in [0.29, 0.717) is 5.69 Å². The van der Waals surface area contributed by atoms with Gasteiger partial charge in [0.2, 0.25) is 17.7 Å². The van der Waals surface area contributed by atoms with Gasteiger partial charge in [-0.1, -0.05) is 13.8 Å². The van der Waals surface area contributed by atoms with Crippen molar-refractivity contribution in [3.8, 4) is 0 Å². The average Bonchev–Trinajstić information content (AvgIpc) is 3.27. The van der Waals surface area contributed by atoms with Gasteiger partial charge in [-0.25, -0.2) is 9.78 Å². The van der Waals surface area contributed by atoms with Gasteiger partial charge in [0.05, 0.1) is 18.8 Å². The highest BCUT2D eigenvalue weighted by Gasteiger charge is 2.31. The summed E-state index contributed by atoms with van der Waals surface area (Å²) >= 11 is 0. The SMILES string of the molecule is CC(C)C[C@H](NC(=O)[C@H](CCC(=O)O)NC(=O)[C@H](Cc1cnc[nH]1)NC(=O)[C@@H](N)CC(=O)O)C(=O)O. The lowest BCUT2D eigenvalue weighted by Crippen LogP contribution is -2.57. The first-order chi connectivity index (χ1) is 16.8. The van der Waals surface area contributed by atoms with Crippen molar-refractivity contribution < 1.29 is 44.1 Å². The van der Waals surface area contributed by atoms with Gasteiger partial charge < -0.3 is 42.0 Å². The van der Waals surface area contributed by atoms with Crippen LogP contribution in [0.15, 0.2) is 12.5 Å². The van der Waals surface area contributed by atoms with Crippen LogP contribution in [0.3, 0.4) is 0 Å². The quantitative estimate of drug-likeness (QED) is 0.123. The number of aliphatic carboxylic acids is 3. The van der Waals surface area contributed by atoms with Crippen molar-refractivity contribution in [1.82, 2.24) is 25.9 Å². The van der Waals surface area contributed by atoms with Crippen molar-refractivity contribution in [3.05, 3.63) is 18.2 Å². The molecule has 0 saturated heterocycles. The standard InChI is InChI=1S/C21H32N6O9/c1-10(2)5-15(21(35)36)27-19(33)13(3-4-16(28)29)25-20(34)14(6-11-8-23-9-24-11)26-18(32)12(22)7-17(30)31/h8-10,12-15H,3-7,22H2,1-2H3,(H,23,24)(H,25,34)(H,26,32)(H,27,33)(H,28,29)(H,30,31)(H,35,36)/t12-,13-,14-,15-/m0/s1. The molecular formula is C21H32N6O9. The molecule has 36 heavy (non-hydrogen) atoms. The van der Waals surface area contributed by atoms with Crippen LogP contribution in [-0.2, 0) is 35.2 Å². The number of aromatic amines is 1. The smallest absolute Gasteiger partial charge is 0.326 e. The molecule has 0 aliphatic carbocycles. The number of nitrogens with two attached hydrogens (primary N) is 1. The van der Waals surface area contributed by atoms with E-state index in [1.807, 2.05) is 0 Å². The van der Waals surface area contributed by atoms with Crippen molar-refractivity contribution in [2.45, 2.75) is 70.1 Å². The van der Waals surface area contributed by atoms with Crippen molar-refractivity contribution in [2.24, 2.45) is 11.7 Å². The fourth-order valence-electron chi connectivity index (χ4n) is 3.16.